The van der Waals surface area contributed by atoms with Crippen molar-refractivity contribution < 1.29 is 18.7 Å². The van der Waals surface area contributed by atoms with Crippen LogP contribution in [-0.4, -0.2) is 50.2 Å². The molecular weight excluding hydrogens is 396 g/mol. The van der Waals surface area contributed by atoms with Crippen LogP contribution in [0, 0.1) is 11.3 Å². The molecule has 1 aliphatic heterocycles. The molecule has 0 spiro atoms. The summed E-state index contributed by atoms with van der Waals surface area (Å²) in [6.07, 6.45) is 0.164. The van der Waals surface area contributed by atoms with Crippen LogP contribution in [0.2, 0.25) is 18.1 Å². The quantitative estimate of drug-likeness (QED) is 0.588. The predicted molar refractivity (Wildman–Crippen MR) is 120 cm³/mol. The van der Waals surface area contributed by atoms with Gasteiger partial charge in [0.1, 0.15) is 17.5 Å². The molecule has 1 fully saturated rings. The Morgan fingerprint density at radius 3 is 2.27 bits per heavy atom. The zero-order valence-corrected chi connectivity index (χ0v) is 20.6. The van der Waals surface area contributed by atoms with Gasteiger partial charge in [-0.15, -0.1) is 0 Å². The highest BCUT2D eigenvalue weighted by molar-refractivity contribution is 6.74. The Hall–Kier alpha value is -2.04. The van der Waals surface area contributed by atoms with E-state index in [1.807, 2.05) is 20.8 Å². The van der Waals surface area contributed by atoms with Gasteiger partial charge in [-0.25, -0.2) is 4.79 Å². The fourth-order valence-electron chi connectivity index (χ4n) is 3.00. The van der Waals surface area contributed by atoms with Gasteiger partial charge in [-0.2, -0.15) is 5.26 Å². The molecule has 1 heterocycles. The van der Waals surface area contributed by atoms with Crippen LogP contribution >= 0.6 is 0 Å². The molecule has 0 bridgehead atoms. The Morgan fingerprint density at radius 2 is 1.77 bits per heavy atom. The third-order valence-electron chi connectivity index (χ3n) is 5.80. The Balaban J connectivity index is 2.20. The van der Waals surface area contributed by atoms with Crippen LogP contribution in [0.15, 0.2) is 24.3 Å². The monoisotopic (exact) mass is 432 g/mol. The van der Waals surface area contributed by atoms with E-state index in [0.29, 0.717) is 30.9 Å². The molecule has 1 aromatic carbocycles. The molecule has 0 aromatic heterocycles. The summed E-state index contributed by atoms with van der Waals surface area (Å²) in [5.41, 5.74) is 0.0236. The van der Waals surface area contributed by atoms with Crippen molar-refractivity contribution in [3.63, 3.8) is 0 Å². The first kappa shape index (κ1) is 24.2. The lowest BCUT2D eigenvalue weighted by atomic mass is 10.1. The van der Waals surface area contributed by atoms with Crippen LogP contribution in [0.4, 0.5) is 4.79 Å². The minimum atomic E-state index is -1.99. The Labute approximate surface area is 182 Å². The molecule has 2 atom stereocenters. The van der Waals surface area contributed by atoms with Crippen molar-refractivity contribution in [2.45, 2.75) is 83.8 Å². The molecule has 30 heavy (non-hydrogen) atoms. The maximum absolute atomic E-state index is 12.8. The van der Waals surface area contributed by atoms with Gasteiger partial charge in [0, 0.05) is 13.0 Å². The van der Waals surface area contributed by atoms with Gasteiger partial charge in [-0.05, 0) is 63.2 Å². The second-order valence-corrected chi connectivity index (χ2v) is 15.2. The zero-order valence-electron chi connectivity index (χ0n) is 19.6. The van der Waals surface area contributed by atoms with Crippen molar-refractivity contribution >= 4 is 14.4 Å². The first-order valence-corrected chi connectivity index (χ1v) is 13.4. The van der Waals surface area contributed by atoms with Crippen molar-refractivity contribution in [2.24, 2.45) is 0 Å². The van der Waals surface area contributed by atoms with Crippen molar-refractivity contribution in [1.82, 2.24) is 4.90 Å². The summed E-state index contributed by atoms with van der Waals surface area (Å²) in [5.74, 6) is 0.683. The fraction of sp³-hybridized carbons (Fsp3) is 0.652. The summed E-state index contributed by atoms with van der Waals surface area (Å²) in [6.45, 7) is 17.6. The van der Waals surface area contributed by atoms with Crippen molar-refractivity contribution in [3.05, 3.63) is 29.8 Å². The van der Waals surface area contributed by atoms with Crippen LogP contribution in [0.5, 0.6) is 5.75 Å². The van der Waals surface area contributed by atoms with Crippen molar-refractivity contribution in [3.8, 4) is 11.8 Å². The highest BCUT2D eigenvalue weighted by Crippen LogP contribution is 2.37. The number of hydrogen-bond acceptors (Lipinski definition) is 5. The van der Waals surface area contributed by atoms with Crippen molar-refractivity contribution in [2.75, 3.05) is 13.2 Å². The predicted octanol–water partition coefficient (Wildman–Crippen LogP) is 5.34. The van der Waals surface area contributed by atoms with Crippen LogP contribution in [0.25, 0.3) is 0 Å². The SMILES string of the molecule is CC(C)(C)OC(=O)N1CC[C@@H](Oc2ccc(C#N)cc2)[C@H]1CO[Si](C)(C)C(C)(C)C. The van der Waals surface area contributed by atoms with E-state index in [-0.39, 0.29) is 23.3 Å². The molecule has 0 unspecified atom stereocenters. The third kappa shape index (κ3) is 6.23. The van der Waals surface area contributed by atoms with E-state index in [0.717, 1.165) is 0 Å². The fourth-order valence-corrected chi connectivity index (χ4v) is 4.02. The lowest BCUT2D eigenvalue weighted by Gasteiger charge is -2.38. The van der Waals surface area contributed by atoms with Crippen LogP contribution in [0.3, 0.4) is 0 Å². The molecule has 0 N–H and O–H groups in total. The average molecular weight is 433 g/mol. The molecule has 166 valence electrons. The van der Waals surface area contributed by atoms with Gasteiger partial charge in [0.2, 0.25) is 0 Å². The van der Waals surface area contributed by atoms with E-state index in [2.05, 4.69) is 39.9 Å². The van der Waals surface area contributed by atoms with Gasteiger partial charge in [0.25, 0.3) is 0 Å². The number of carbonyl (C=O) groups is 1. The normalized spacial score (nSPS) is 20.0. The zero-order chi connectivity index (χ0) is 22.7. The number of likely N-dealkylation sites (tertiary alicyclic amines) is 1. The minimum absolute atomic E-state index is 0.0752. The lowest BCUT2D eigenvalue weighted by Crippen LogP contribution is -2.50. The summed E-state index contributed by atoms with van der Waals surface area (Å²) in [5, 5.41) is 9.07. The van der Waals surface area contributed by atoms with Gasteiger partial charge in [0.15, 0.2) is 8.32 Å². The molecule has 1 saturated heterocycles. The van der Waals surface area contributed by atoms with Crippen LogP contribution in [-0.2, 0) is 9.16 Å². The smallest absolute Gasteiger partial charge is 0.410 e. The molecule has 2 rings (SSSR count). The van der Waals surface area contributed by atoms with E-state index >= 15 is 0 Å². The van der Waals surface area contributed by atoms with E-state index in [1.54, 1.807) is 29.2 Å². The molecule has 1 amide bonds. The number of carbonyl (C=O) groups excluding carboxylic acids is 1. The highest BCUT2D eigenvalue weighted by Gasteiger charge is 2.44. The van der Waals surface area contributed by atoms with Gasteiger partial charge in [-0.1, -0.05) is 20.8 Å². The highest BCUT2D eigenvalue weighted by atomic mass is 28.4. The van der Waals surface area contributed by atoms with E-state index in [4.69, 9.17) is 19.2 Å². The maximum Gasteiger partial charge on any atom is 0.410 e. The van der Waals surface area contributed by atoms with Crippen LogP contribution in [0.1, 0.15) is 53.5 Å². The van der Waals surface area contributed by atoms with Gasteiger partial charge >= 0.3 is 6.09 Å². The molecule has 1 aromatic rings. The first-order chi connectivity index (χ1) is 13.7. The van der Waals surface area contributed by atoms with Gasteiger partial charge in [-0.3, -0.25) is 4.90 Å². The maximum atomic E-state index is 12.8. The number of amides is 1. The summed E-state index contributed by atoms with van der Waals surface area (Å²) in [4.78, 5) is 14.6. The molecule has 0 saturated carbocycles. The molecule has 0 aliphatic carbocycles. The molecule has 7 heteroatoms. The lowest BCUT2D eigenvalue weighted by molar-refractivity contribution is 0.0100. The molecule has 0 radical (unpaired) electrons. The summed E-state index contributed by atoms with van der Waals surface area (Å²) in [7, 11) is -1.99. The average Bonchev–Trinajstić information content (AvgIpc) is 3.01. The van der Waals surface area contributed by atoms with Crippen LogP contribution < -0.4 is 4.74 Å². The first-order valence-electron chi connectivity index (χ1n) is 10.5. The summed E-state index contributed by atoms with van der Waals surface area (Å²) in [6, 6.07) is 8.93. The molecule has 6 nitrogen and oxygen atoms in total. The topological polar surface area (TPSA) is 71.8 Å². The Bertz CT molecular complexity index is 772. The standard InChI is InChI=1S/C23H36N2O4Si/c1-22(2,3)29-21(26)25-14-13-20(28-18-11-9-17(15-24)10-12-18)19(25)16-27-30(7,8)23(4,5)6/h9-12,19-20H,13-14,16H2,1-8H3/t19-,20-/m1/s1. The molecular formula is C23H36N2O4Si. The largest absolute Gasteiger partial charge is 0.488 e. The third-order valence-corrected chi connectivity index (χ3v) is 10.3. The van der Waals surface area contributed by atoms with Crippen molar-refractivity contribution in [1.29, 1.82) is 5.26 Å². The second kappa shape index (κ2) is 8.99. The number of nitrogens with zero attached hydrogens (tertiary/aromatic N) is 2. The van der Waals surface area contributed by atoms with Gasteiger partial charge in [0.05, 0.1) is 24.3 Å². The number of ether oxygens (including phenoxy) is 2. The number of nitriles is 1. The second-order valence-electron chi connectivity index (χ2n) is 10.4. The number of benzene rings is 1. The summed E-state index contributed by atoms with van der Waals surface area (Å²) >= 11 is 0. The minimum Gasteiger partial charge on any atom is -0.488 e. The Kier molecular flexibility index (Phi) is 7.26. The summed E-state index contributed by atoms with van der Waals surface area (Å²) < 4.78 is 18.3. The Morgan fingerprint density at radius 1 is 1.17 bits per heavy atom. The number of hydrogen-bond donors (Lipinski definition) is 0. The van der Waals surface area contributed by atoms with E-state index in [1.165, 1.54) is 0 Å². The molecule has 1 aliphatic rings. The van der Waals surface area contributed by atoms with E-state index < -0.39 is 13.9 Å². The number of rotatable bonds is 5. The van der Waals surface area contributed by atoms with Gasteiger partial charge < -0.3 is 13.9 Å². The van der Waals surface area contributed by atoms with E-state index in [9.17, 15) is 4.79 Å².